The van der Waals surface area contributed by atoms with Crippen LogP contribution >= 0.6 is 0 Å². The predicted octanol–water partition coefficient (Wildman–Crippen LogP) is 3.66. The Morgan fingerprint density at radius 3 is 2.52 bits per heavy atom. The number of nitrogens with one attached hydrogen (secondary N) is 1. The second kappa shape index (κ2) is 7.21. The molecule has 4 rings (SSSR count). The number of nitrogen functional groups attached to an aromatic ring is 1. The maximum absolute atomic E-state index is 13.3. The third-order valence-electron chi connectivity index (χ3n) is 4.63. The van der Waals surface area contributed by atoms with Gasteiger partial charge >= 0.3 is 0 Å². The maximum atomic E-state index is 13.3. The van der Waals surface area contributed by atoms with Crippen molar-refractivity contribution in [2.45, 2.75) is 18.7 Å². The van der Waals surface area contributed by atoms with E-state index >= 15 is 0 Å². The van der Waals surface area contributed by atoms with Crippen LogP contribution in [0.5, 0.6) is 0 Å². The lowest BCUT2D eigenvalue weighted by atomic mass is 10.1. The largest absolute Gasteiger partial charge is 0.370 e. The Hall–Kier alpha value is -3.39. The topological polar surface area (TPSA) is 103 Å². The third-order valence-corrected chi connectivity index (χ3v) is 6.32. The number of nitrogens with two attached hydrogens (primary N) is 1. The lowest BCUT2D eigenvalue weighted by Gasteiger charge is -2.08. The molecule has 7 nitrogen and oxygen atoms in total. The van der Waals surface area contributed by atoms with Gasteiger partial charge in [-0.3, -0.25) is 0 Å². The SMILES string of the molecule is CCNc1cc(-c2cn(S(=O)(=O)c3ccc(C)cc3)c3ccccc23)nc(N)n1. The summed E-state index contributed by atoms with van der Waals surface area (Å²) < 4.78 is 28.0. The van der Waals surface area contributed by atoms with Gasteiger partial charge in [-0.15, -0.1) is 0 Å². The van der Waals surface area contributed by atoms with Gasteiger partial charge in [0, 0.05) is 29.8 Å². The van der Waals surface area contributed by atoms with Crippen molar-refractivity contribution in [2.75, 3.05) is 17.6 Å². The molecule has 0 radical (unpaired) electrons. The number of aryl methyl sites for hydroxylation is 1. The quantitative estimate of drug-likeness (QED) is 0.523. The van der Waals surface area contributed by atoms with Crippen LogP contribution in [0.25, 0.3) is 22.2 Å². The van der Waals surface area contributed by atoms with Crippen molar-refractivity contribution in [1.82, 2.24) is 13.9 Å². The van der Waals surface area contributed by atoms with Crippen LogP contribution in [0.3, 0.4) is 0 Å². The zero-order valence-corrected chi connectivity index (χ0v) is 16.9. The van der Waals surface area contributed by atoms with Crippen molar-refractivity contribution in [3.05, 3.63) is 66.4 Å². The van der Waals surface area contributed by atoms with E-state index in [-0.39, 0.29) is 10.8 Å². The minimum atomic E-state index is -3.77. The van der Waals surface area contributed by atoms with Crippen LogP contribution in [0.1, 0.15) is 12.5 Å². The lowest BCUT2D eigenvalue weighted by Crippen LogP contribution is -2.11. The molecule has 0 saturated carbocycles. The molecule has 0 spiro atoms. The molecule has 148 valence electrons. The molecule has 0 amide bonds. The number of fused-ring (bicyclic) bond motifs is 1. The summed E-state index contributed by atoms with van der Waals surface area (Å²) in [6.07, 6.45) is 1.59. The molecule has 0 aliphatic heterocycles. The number of benzene rings is 2. The normalized spacial score (nSPS) is 11.7. The standard InChI is InChI=1S/C21H21N5O2S/c1-3-23-20-12-18(24-21(22)25-20)17-13-26(19-7-5-4-6-16(17)19)29(27,28)15-10-8-14(2)9-11-15/h4-13H,3H2,1-2H3,(H3,22,23,24,25). The molecular formula is C21H21N5O2S. The number of hydrogen-bond acceptors (Lipinski definition) is 6. The summed E-state index contributed by atoms with van der Waals surface area (Å²) in [6, 6.07) is 15.9. The molecule has 0 aliphatic rings. The zero-order chi connectivity index (χ0) is 20.6. The summed E-state index contributed by atoms with van der Waals surface area (Å²) in [4.78, 5) is 8.73. The van der Waals surface area contributed by atoms with Crippen LogP contribution in [0.4, 0.5) is 11.8 Å². The highest BCUT2D eigenvalue weighted by Crippen LogP contribution is 2.33. The molecule has 0 aliphatic carbocycles. The molecule has 0 fully saturated rings. The third kappa shape index (κ3) is 3.42. The minimum Gasteiger partial charge on any atom is -0.370 e. The van der Waals surface area contributed by atoms with E-state index in [1.165, 1.54) is 3.97 Å². The van der Waals surface area contributed by atoms with E-state index in [4.69, 9.17) is 5.73 Å². The number of nitrogens with zero attached hydrogens (tertiary/aromatic N) is 3. The highest BCUT2D eigenvalue weighted by atomic mass is 32.2. The highest BCUT2D eigenvalue weighted by Gasteiger charge is 2.22. The predicted molar refractivity (Wildman–Crippen MR) is 115 cm³/mol. The average Bonchev–Trinajstić information content (AvgIpc) is 3.09. The Labute approximate surface area is 169 Å². The summed E-state index contributed by atoms with van der Waals surface area (Å²) in [6.45, 7) is 4.55. The first-order chi connectivity index (χ1) is 13.9. The molecule has 2 heterocycles. The van der Waals surface area contributed by atoms with E-state index in [2.05, 4.69) is 15.3 Å². The van der Waals surface area contributed by atoms with Gasteiger partial charge in [0.15, 0.2) is 0 Å². The van der Waals surface area contributed by atoms with Crippen LogP contribution < -0.4 is 11.1 Å². The fourth-order valence-corrected chi connectivity index (χ4v) is 4.62. The highest BCUT2D eigenvalue weighted by molar-refractivity contribution is 7.90. The molecule has 0 saturated heterocycles. The Bertz CT molecular complexity index is 1290. The van der Waals surface area contributed by atoms with Crippen LogP contribution in [-0.4, -0.2) is 28.9 Å². The monoisotopic (exact) mass is 407 g/mol. The molecule has 2 aromatic heterocycles. The van der Waals surface area contributed by atoms with Gasteiger partial charge in [0.05, 0.1) is 16.1 Å². The zero-order valence-electron chi connectivity index (χ0n) is 16.1. The van der Waals surface area contributed by atoms with E-state index in [1.54, 1.807) is 42.6 Å². The van der Waals surface area contributed by atoms with Gasteiger partial charge in [-0.25, -0.2) is 17.4 Å². The van der Waals surface area contributed by atoms with Gasteiger partial charge in [-0.1, -0.05) is 35.9 Å². The van der Waals surface area contributed by atoms with E-state index in [0.717, 1.165) is 10.9 Å². The molecule has 0 unspecified atom stereocenters. The van der Waals surface area contributed by atoms with Crippen molar-refractivity contribution in [3.63, 3.8) is 0 Å². The van der Waals surface area contributed by atoms with Gasteiger partial charge in [0.25, 0.3) is 10.0 Å². The Kier molecular flexibility index (Phi) is 4.71. The first-order valence-electron chi connectivity index (χ1n) is 9.21. The Morgan fingerprint density at radius 1 is 1.07 bits per heavy atom. The van der Waals surface area contributed by atoms with Crippen molar-refractivity contribution in [3.8, 4) is 11.3 Å². The number of hydrogen-bond donors (Lipinski definition) is 2. The molecule has 3 N–H and O–H groups in total. The van der Waals surface area contributed by atoms with E-state index in [0.29, 0.717) is 29.1 Å². The summed E-state index contributed by atoms with van der Waals surface area (Å²) >= 11 is 0. The second-order valence-electron chi connectivity index (χ2n) is 6.70. The fraction of sp³-hybridized carbons (Fsp3) is 0.143. The first-order valence-corrected chi connectivity index (χ1v) is 10.7. The molecule has 29 heavy (non-hydrogen) atoms. The van der Waals surface area contributed by atoms with Crippen LogP contribution in [0.2, 0.25) is 0 Å². The van der Waals surface area contributed by atoms with Crippen LogP contribution in [0.15, 0.2) is 65.7 Å². The molecule has 4 aromatic rings. The van der Waals surface area contributed by atoms with Gasteiger partial charge in [-0.2, -0.15) is 4.98 Å². The van der Waals surface area contributed by atoms with E-state index in [1.807, 2.05) is 32.0 Å². The van der Waals surface area contributed by atoms with Crippen molar-refractivity contribution in [2.24, 2.45) is 0 Å². The fourth-order valence-electron chi connectivity index (χ4n) is 3.25. The molecule has 2 aromatic carbocycles. The second-order valence-corrected chi connectivity index (χ2v) is 8.52. The Morgan fingerprint density at radius 2 is 1.79 bits per heavy atom. The lowest BCUT2D eigenvalue weighted by molar-refractivity contribution is 0.589. The van der Waals surface area contributed by atoms with Gasteiger partial charge < -0.3 is 11.1 Å². The first kappa shape index (κ1) is 18.9. The van der Waals surface area contributed by atoms with Gasteiger partial charge in [0.1, 0.15) is 5.82 Å². The smallest absolute Gasteiger partial charge is 0.268 e. The summed E-state index contributed by atoms with van der Waals surface area (Å²) in [5, 5.41) is 3.89. The number of para-hydroxylation sites is 1. The molecule has 8 heteroatoms. The minimum absolute atomic E-state index is 0.122. The van der Waals surface area contributed by atoms with Crippen LogP contribution in [-0.2, 0) is 10.0 Å². The summed E-state index contributed by atoms with van der Waals surface area (Å²) in [5.41, 5.74) is 8.68. The van der Waals surface area contributed by atoms with Crippen LogP contribution in [0, 0.1) is 6.92 Å². The average molecular weight is 407 g/mol. The van der Waals surface area contributed by atoms with Crippen molar-refractivity contribution >= 4 is 32.7 Å². The van der Waals surface area contributed by atoms with Gasteiger partial charge in [0.2, 0.25) is 5.95 Å². The summed E-state index contributed by atoms with van der Waals surface area (Å²) in [7, 11) is -3.77. The summed E-state index contributed by atoms with van der Waals surface area (Å²) in [5.74, 6) is 0.713. The maximum Gasteiger partial charge on any atom is 0.268 e. The van der Waals surface area contributed by atoms with Crippen molar-refractivity contribution in [1.29, 1.82) is 0 Å². The van der Waals surface area contributed by atoms with E-state index < -0.39 is 10.0 Å². The molecule has 0 atom stereocenters. The number of rotatable bonds is 5. The molecule has 0 bridgehead atoms. The van der Waals surface area contributed by atoms with E-state index in [9.17, 15) is 8.42 Å². The van der Waals surface area contributed by atoms with Gasteiger partial charge in [-0.05, 0) is 32.0 Å². The number of aromatic nitrogens is 3. The Balaban J connectivity index is 1.95. The molecular weight excluding hydrogens is 386 g/mol. The number of anilines is 2. The van der Waals surface area contributed by atoms with Crippen molar-refractivity contribution < 1.29 is 8.42 Å².